The molecule has 19 heavy (non-hydrogen) atoms. The number of hydrogen-bond acceptors (Lipinski definition) is 5. The fourth-order valence-corrected chi connectivity index (χ4v) is 1.03. The number of aromatic nitrogens is 2. The molecule has 0 spiro atoms. The standard InChI is InChI=1S/C10H15F4N3O2/c1-9(2,3)16-8-15-6(17-19-8)4-18-5-10(13,14)7(11)12/h7H,4-5H2,1-3H3,(H,15,16,17). The number of halogens is 4. The van der Waals surface area contributed by atoms with E-state index in [1.807, 2.05) is 20.8 Å². The van der Waals surface area contributed by atoms with Crippen LogP contribution in [0.4, 0.5) is 23.6 Å². The molecular weight excluding hydrogens is 270 g/mol. The number of nitrogens with one attached hydrogen (secondary N) is 1. The van der Waals surface area contributed by atoms with Gasteiger partial charge in [-0.25, -0.2) is 8.78 Å². The van der Waals surface area contributed by atoms with Crippen molar-refractivity contribution in [3.05, 3.63) is 5.82 Å². The molecule has 0 radical (unpaired) electrons. The zero-order valence-electron chi connectivity index (χ0n) is 10.7. The van der Waals surface area contributed by atoms with Gasteiger partial charge in [0, 0.05) is 5.54 Å². The van der Waals surface area contributed by atoms with Gasteiger partial charge in [-0.05, 0) is 20.8 Å². The van der Waals surface area contributed by atoms with E-state index in [9.17, 15) is 17.6 Å². The Bertz CT molecular complexity index is 404. The van der Waals surface area contributed by atoms with Gasteiger partial charge in [0.2, 0.25) is 0 Å². The van der Waals surface area contributed by atoms with Crippen molar-refractivity contribution in [2.24, 2.45) is 0 Å². The van der Waals surface area contributed by atoms with E-state index < -0.39 is 25.6 Å². The molecule has 0 amide bonds. The van der Waals surface area contributed by atoms with Gasteiger partial charge in [-0.3, -0.25) is 0 Å². The number of alkyl halides is 4. The van der Waals surface area contributed by atoms with Crippen LogP contribution in [0, 0.1) is 0 Å². The highest BCUT2D eigenvalue weighted by atomic mass is 19.3. The van der Waals surface area contributed by atoms with Crippen LogP contribution in [-0.4, -0.2) is 34.6 Å². The third kappa shape index (κ3) is 5.41. The molecule has 1 N–H and O–H groups in total. The first-order chi connectivity index (χ1) is 8.60. The van der Waals surface area contributed by atoms with E-state index in [0.717, 1.165) is 0 Å². The van der Waals surface area contributed by atoms with Gasteiger partial charge in [0.1, 0.15) is 13.2 Å². The van der Waals surface area contributed by atoms with Crippen molar-refractivity contribution in [3.63, 3.8) is 0 Å². The molecule has 0 fully saturated rings. The van der Waals surface area contributed by atoms with Crippen LogP contribution < -0.4 is 5.32 Å². The molecule has 1 aromatic heterocycles. The number of rotatable bonds is 6. The van der Waals surface area contributed by atoms with Crippen LogP contribution in [0.1, 0.15) is 26.6 Å². The fraction of sp³-hybridized carbons (Fsp3) is 0.800. The highest BCUT2D eigenvalue weighted by Gasteiger charge is 2.41. The maximum atomic E-state index is 12.5. The van der Waals surface area contributed by atoms with Crippen molar-refractivity contribution in [1.82, 2.24) is 10.1 Å². The second-order valence-corrected chi connectivity index (χ2v) is 4.95. The summed E-state index contributed by atoms with van der Waals surface area (Å²) in [7, 11) is 0. The molecular formula is C10H15F4N3O2. The molecule has 0 atom stereocenters. The van der Waals surface area contributed by atoms with Crippen molar-refractivity contribution in [2.75, 3.05) is 11.9 Å². The minimum absolute atomic E-state index is 0.00295. The van der Waals surface area contributed by atoms with Crippen LogP contribution in [0.15, 0.2) is 4.52 Å². The summed E-state index contributed by atoms with van der Waals surface area (Å²) in [4.78, 5) is 3.81. The third-order valence-corrected chi connectivity index (χ3v) is 1.79. The fourth-order valence-electron chi connectivity index (χ4n) is 1.03. The summed E-state index contributed by atoms with van der Waals surface area (Å²) in [6.45, 7) is 3.74. The molecule has 0 aliphatic heterocycles. The third-order valence-electron chi connectivity index (χ3n) is 1.79. The quantitative estimate of drug-likeness (QED) is 0.814. The minimum Gasteiger partial charge on any atom is -0.367 e. The number of nitrogens with zero attached hydrogens (tertiary/aromatic N) is 2. The van der Waals surface area contributed by atoms with E-state index in [4.69, 9.17) is 4.52 Å². The average Bonchev–Trinajstić information content (AvgIpc) is 2.62. The largest absolute Gasteiger partial charge is 0.367 e. The summed E-state index contributed by atoms with van der Waals surface area (Å²) in [6, 6.07) is 0.103. The molecule has 110 valence electrons. The Balaban J connectivity index is 2.43. The van der Waals surface area contributed by atoms with Gasteiger partial charge < -0.3 is 14.6 Å². The molecule has 0 bridgehead atoms. The van der Waals surface area contributed by atoms with Crippen LogP contribution in [-0.2, 0) is 11.3 Å². The lowest BCUT2D eigenvalue weighted by molar-refractivity contribution is -0.168. The monoisotopic (exact) mass is 285 g/mol. The molecule has 1 aromatic rings. The summed E-state index contributed by atoms with van der Waals surface area (Å²) in [5.74, 6) is -4.19. The van der Waals surface area contributed by atoms with Crippen molar-refractivity contribution in [1.29, 1.82) is 0 Å². The lowest BCUT2D eigenvalue weighted by atomic mass is 10.1. The number of hydrogen-bond donors (Lipinski definition) is 1. The second kappa shape index (κ2) is 5.72. The van der Waals surface area contributed by atoms with Crippen molar-refractivity contribution in [2.45, 2.75) is 45.3 Å². The summed E-state index contributed by atoms with van der Waals surface area (Å²) in [6.07, 6.45) is -3.77. The topological polar surface area (TPSA) is 60.2 Å². The average molecular weight is 285 g/mol. The Morgan fingerprint density at radius 3 is 2.47 bits per heavy atom. The molecule has 9 heteroatoms. The smallest absolute Gasteiger partial charge is 0.330 e. The molecule has 1 heterocycles. The maximum absolute atomic E-state index is 12.5. The van der Waals surface area contributed by atoms with E-state index in [2.05, 4.69) is 20.2 Å². The molecule has 0 aliphatic carbocycles. The lowest BCUT2D eigenvalue weighted by Gasteiger charge is -2.17. The lowest BCUT2D eigenvalue weighted by Crippen LogP contribution is -2.32. The van der Waals surface area contributed by atoms with Crippen LogP contribution in [0.5, 0.6) is 0 Å². The Morgan fingerprint density at radius 1 is 1.32 bits per heavy atom. The van der Waals surface area contributed by atoms with E-state index in [1.54, 1.807) is 0 Å². The number of ether oxygens (including phenoxy) is 1. The van der Waals surface area contributed by atoms with Crippen LogP contribution in [0.2, 0.25) is 0 Å². The highest BCUT2D eigenvalue weighted by Crippen LogP contribution is 2.23. The first-order valence-corrected chi connectivity index (χ1v) is 5.45. The Hall–Kier alpha value is -1.38. The maximum Gasteiger partial charge on any atom is 0.330 e. The zero-order valence-corrected chi connectivity index (χ0v) is 10.7. The van der Waals surface area contributed by atoms with E-state index in [-0.39, 0.29) is 17.4 Å². The van der Waals surface area contributed by atoms with Crippen LogP contribution in [0.25, 0.3) is 0 Å². The molecule has 0 aliphatic rings. The Labute approximate surface area is 107 Å². The molecule has 0 saturated carbocycles. The molecule has 0 unspecified atom stereocenters. The SMILES string of the molecule is CC(C)(C)Nc1nc(COCC(F)(F)C(F)F)no1. The van der Waals surface area contributed by atoms with Gasteiger partial charge in [0.15, 0.2) is 5.82 Å². The van der Waals surface area contributed by atoms with Gasteiger partial charge in [0.05, 0.1) is 0 Å². The zero-order chi connectivity index (χ0) is 14.7. The van der Waals surface area contributed by atoms with Crippen LogP contribution in [0.3, 0.4) is 0 Å². The van der Waals surface area contributed by atoms with E-state index >= 15 is 0 Å². The molecule has 5 nitrogen and oxygen atoms in total. The van der Waals surface area contributed by atoms with Gasteiger partial charge in [-0.1, -0.05) is 5.16 Å². The Kier molecular flexibility index (Phi) is 4.72. The molecule has 1 rings (SSSR count). The van der Waals surface area contributed by atoms with Crippen molar-refractivity contribution < 1.29 is 26.8 Å². The molecule has 0 saturated heterocycles. The van der Waals surface area contributed by atoms with Gasteiger partial charge in [0.25, 0.3) is 0 Å². The van der Waals surface area contributed by atoms with E-state index in [1.165, 1.54) is 0 Å². The molecule has 0 aromatic carbocycles. The highest BCUT2D eigenvalue weighted by molar-refractivity contribution is 5.22. The van der Waals surface area contributed by atoms with Gasteiger partial charge >= 0.3 is 18.4 Å². The van der Waals surface area contributed by atoms with Crippen molar-refractivity contribution >= 4 is 6.01 Å². The first kappa shape index (κ1) is 15.7. The van der Waals surface area contributed by atoms with Gasteiger partial charge in [-0.15, -0.1) is 0 Å². The van der Waals surface area contributed by atoms with Crippen LogP contribution >= 0.6 is 0 Å². The van der Waals surface area contributed by atoms with Gasteiger partial charge in [-0.2, -0.15) is 13.8 Å². The predicted molar refractivity (Wildman–Crippen MR) is 58.3 cm³/mol. The second-order valence-electron chi connectivity index (χ2n) is 4.95. The summed E-state index contributed by atoms with van der Waals surface area (Å²) >= 11 is 0. The van der Waals surface area contributed by atoms with E-state index in [0.29, 0.717) is 0 Å². The normalized spacial score (nSPS) is 13.1. The van der Waals surface area contributed by atoms with Crippen molar-refractivity contribution in [3.8, 4) is 0 Å². The first-order valence-electron chi connectivity index (χ1n) is 5.45. The summed E-state index contributed by atoms with van der Waals surface area (Å²) in [5.41, 5.74) is -0.312. The minimum atomic E-state index is -4.18. The predicted octanol–water partition coefficient (Wildman–Crippen LogP) is 2.70. The summed E-state index contributed by atoms with van der Waals surface area (Å²) in [5, 5.41) is 6.32. The number of anilines is 1. The summed E-state index contributed by atoms with van der Waals surface area (Å²) < 4.78 is 58.0. The Morgan fingerprint density at radius 2 is 1.95 bits per heavy atom.